The lowest BCUT2D eigenvalue weighted by molar-refractivity contribution is -0.134. The van der Waals surface area contributed by atoms with Gasteiger partial charge in [-0.25, -0.2) is 4.79 Å². The van der Waals surface area contributed by atoms with Crippen molar-refractivity contribution in [2.45, 2.75) is 13.3 Å². The van der Waals surface area contributed by atoms with Crippen LogP contribution in [0.2, 0.25) is 0 Å². The number of hydrogen-bond acceptors (Lipinski definition) is 5. The average Bonchev–Trinajstić information content (AvgIpc) is 2.54. The SMILES string of the molecule is COC(=O)/C=C/C=C(\C)NCCc1cc(OC)cc(OC)c1. The summed E-state index contributed by atoms with van der Waals surface area (Å²) in [6.45, 7) is 2.71. The summed E-state index contributed by atoms with van der Waals surface area (Å²) in [5, 5.41) is 3.27. The maximum Gasteiger partial charge on any atom is 0.330 e. The molecule has 0 saturated heterocycles. The van der Waals surface area contributed by atoms with Crippen LogP contribution in [0.1, 0.15) is 12.5 Å². The number of esters is 1. The maximum absolute atomic E-state index is 10.9. The van der Waals surface area contributed by atoms with Gasteiger partial charge in [-0.1, -0.05) is 6.08 Å². The van der Waals surface area contributed by atoms with Gasteiger partial charge < -0.3 is 19.5 Å². The third-order valence-electron chi connectivity index (χ3n) is 3.01. The van der Waals surface area contributed by atoms with E-state index >= 15 is 0 Å². The average molecular weight is 305 g/mol. The molecule has 0 aliphatic rings. The first-order chi connectivity index (χ1) is 10.6. The Morgan fingerprint density at radius 1 is 1.14 bits per heavy atom. The number of allylic oxidation sites excluding steroid dienone is 3. The van der Waals surface area contributed by atoms with E-state index in [2.05, 4.69) is 10.1 Å². The zero-order valence-electron chi connectivity index (χ0n) is 13.5. The van der Waals surface area contributed by atoms with E-state index in [1.165, 1.54) is 13.2 Å². The quantitative estimate of drug-likeness (QED) is 0.454. The van der Waals surface area contributed by atoms with Crippen LogP contribution in [0.4, 0.5) is 0 Å². The fraction of sp³-hybridized carbons (Fsp3) is 0.353. The van der Waals surface area contributed by atoms with E-state index in [1.54, 1.807) is 20.3 Å². The molecule has 0 bridgehead atoms. The molecule has 0 fully saturated rings. The van der Waals surface area contributed by atoms with E-state index in [-0.39, 0.29) is 5.97 Å². The molecule has 0 atom stereocenters. The third-order valence-corrected chi connectivity index (χ3v) is 3.01. The van der Waals surface area contributed by atoms with Crippen molar-refractivity contribution in [1.82, 2.24) is 5.32 Å². The molecule has 5 heteroatoms. The van der Waals surface area contributed by atoms with E-state index < -0.39 is 0 Å². The summed E-state index contributed by atoms with van der Waals surface area (Å²) in [6, 6.07) is 5.82. The van der Waals surface area contributed by atoms with E-state index in [0.717, 1.165) is 35.7 Å². The second-order valence-corrected chi connectivity index (χ2v) is 4.63. The Kier molecular flexibility index (Phi) is 7.61. The van der Waals surface area contributed by atoms with Crippen molar-refractivity contribution in [2.75, 3.05) is 27.9 Å². The molecule has 120 valence electrons. The monoisotopic (exact) mass is 305 g/mol. The highest BCUT2D eigenvalue weighted by molar-refractivity contribution is 5.82. The van der Waals surface area contributed by atoms with Gasteiger partial charge in [-0.15, -0.1) is 0 Å². The van der Waals surface area contributed by atoms with Crippen LogP contribution in [0.3, 0.4) is 0 Å². The Morgan fingerprint density at radius 3 is 2.32 bits per heavy atom. The smallest absolute Gasteiger partial charge is 0.330 e. The summed E-state index contributed by atoms with van der Waals surface area (Å²) in [5.41, 5.74) is 2.09. The molecule has 22 heavy (non-hydrogen) atoms. The minimum atomic E-state index is -0.368. The van der Waals surface area contributed by atoms with Gasteiger partial charge in [0.05, 0.1) is 21.3 Å². The van der Waals surface area contributed by atoms with E-state index in [4.69, 9.17) is 9.47 Å². The molecule has 1 N–H and O–H groups in total. The molecular weight excluding hydrogens is 282 g/mol. The fourth-order valence-corrected chi connectivity index (χ4v) is 1.81. The minimum Gasteiger partial charge on any atom is -0.497 e. The van der Waals surface area contributed by atoms with Crippen LogP contribution in [0.25, 0.3) is 0 Å². The Bertz CT molecular complexity index is 527. The van der Waals surface area contributed by atoms with Gasteiger partial charge in [0.15, 0.2) is 0 Å². The second-order valence-electron chi connectivity index (χ2n) is 4.63. The summed E-state index contributed by atoms with van der Waals surface area (Å²) < 4.78 is 15.0. The lowest BCUT2D eigenvalue weighted by Crippen LogP contribution is -2.14. The van der Waals surface area contributed by atoms with Crippen molar-refractivity contribution in [3.63, 3.8) is 0 Å². The normalized spacial score (nSPS) is 11.4. The topological polar surface area (TPSA) is 56.8 Å². The number of hydrogen-bond donors (Lipinski definition) is 1. The minimum absolute atomic E-state index is 0.368. The van der Waals surface area contributed by atoms with Gasteiger partial charge in [0, 0.05) is 24.4 Å². The summed E-state index contributed by atoms with van der Waals surface area (Å²) in [7, 11) is 4.62. The van der Waals surface area contributed by atoms with Crippen LogP contribution in [0, 0.1) is 0 Å². The third kappa shape index (κ3) is 6.35. The molecule has 5 nitrogen and oxygen atoms in total. The molecule has 0 aliphatic heterocycles. The van der Waals surface area contributed by atoms with Crippen LogP contribution >= 0.6 is 0 Å². The summed E-state index contributed by atoms with van der Waals surface area (Å²) in [5.74, 6) is 1.19. The molecule has 0 aromatic heterocycles. The van der Waals surface area contributed by atoms with Gasteiger partial charge in [0.25, 0.3) is 0 Å². The highest BCUT2D eigenvalue weighted by atomic mass is 16.5. The Morgan fingerprint density at radius 2 is 1.77 bits per heavy atom. The van der Waals surface area contributed by atoms with Crippen molar-refractivity contribution in [3.8, 4) is 11.5 Å². The molecule has 1 aromatic carbocycles. The van der Waals surface area contributed by atoms with Crippen LogP contribution in [0.5, 0.6) is 11.5 Å². The molecule has 0 aliphatic carbocycles. The van der Waals surface area contributed by atoms with Gasteiger partial charge >= 0.3 is 5.97 Å². The van der Waals surface area contributed by atoms with Gasteiger partial charge in [0.1, 0.15) is 11.5 Å². The van der Waals surface area contributed by atoms with Crippen molar-refractivity contribution in [2.24, 2.45) is 0 Å². The van der Waals surface area contributed by atoms with Gasteiger partial charge in [0.2, 0.25) is 0 Å². The van der Waals surface area contributed by atoms with Crippen molar-refractivity contribution >= 4 is 5.97 Å². The highest BCUT2D eigenvalue weighted by Gasteiger charge is 2.01. The van der Waals surface area contributed by atoms with Crippen LogP contribution in [-0.2, 0) is 16.0 Å². The predicted octanol–water partition coefficient (Wildman–Crippen LogP) is 2.47. The van der Waals surface area contributed by atoms with Crippen LogP contribution in [-0.4, -0.2) is 33.8 Å². The first kappa shape index (κ1) is 17.6. The molecule has 0 amide bonds. The number of carbonyl (C=O) groups is 1. The molecule has 0 radical (unpaired) electrons. The standard InChI is InChI=1S/C17H23NO4/c1-13(6-5-7-17(19)22-4)18-9-8-14-10-15(20-2)12-16(11-14)21-3/h5-7,10-12,18H,8-9H2,1-4H3/b7-5+,13-6+. The number of methoxy groups -OCH3 is 3. The van der Waals surface area contributed by atoms with Crippen LogP contribution in [0.15, 0.2) is 42.1 Å². The zero-order valence-corrected chi connectivity index (χ0v) is 13.5. The Hall–Kier alpha value is -2.43. The Balaban J connectivity index is 2.51. The number of rotatable bonds is 8. The number of ether oxygens (including phenoxy) is 3. The molecule has 0 heterocycles. The zero-order chi connectivity index (χ0) is 16.4. The summed E-state index contributed by atoms with van der Waals surface area (Å²) in [4.78, 5) is 10.9. The highest BCUT2D eigenvalue weighted by Crippen LogP contribution is 2.22. The van der Waals surface area contributed by atoms with Crippen molar-refractivity contribution < 1.29 is 19.0 Å². The largest absolute Gasteiger partial charge is 0.497 e. The second kappa shape index (κ2) is 9.50. The number of carbonyl (C=O) groups excluding carboxylic acids is 1. The van der Waals surface area contributed by atoms with E-state index in [1.807, 2.05) is 31.2 Å². The fourth-order valence-electron chi connectivity index (χ4n) is 1.81. The molecule has 0 saturated carbocycles. The van der Waals surface area contributed by atoms with Crippen molar-refractivity contribution in [3.05, 3.63) is 47.7 Å². The summed E-state index contributed by atoms with van der Waals surface area (Å²) >= 11 is 0. The van der Waals surface area contributed by atoms with Crippen LogP contribution < -0.4 is 14.8 Å². The molecule has 1 rings (SSSR count). The molecule has 0 spiro atoms. The van der Waals surface area contributed by atoms with Gasteiger partial charge in [-0.3, -0.25) is 0 Å². The maximum atomic E-state index is 10.9. The predicted molar refractivity (Wildman–Crippen MR) is 86.2 cm³/mol. The summed E-state index contributed by atoms with van der Waals surface area (Å²) in [6.07, 6.45) is 5.68. The lowest BCUT2D eigenvalue weighted by Gasteiger charge is -2.10. The van der Waals surface area contributed by atoms with E-state index in [0.29, 0.717) is 0 Å². The lowest BCUT2D eigenvalue weighted by atomic mass is 10.1. The van der Waals surface area contributed by atoms with E-state index in [9.17, 15) is 4.79 Å². The first-order valence-electron chi connectivity index (χ1n) is 6.97. The number of benzene rings is 1. The van der Waals surface area contributed by atoms with Gasteiger partial charge in [-0.2, -0.15) is 0 Å². The molecule has 1 aromatic rings. The number of nitrogens with one attached hydrogen (secondary N) is 1. The van der Waals surface area contributed by atoms with Crippen molar-refractivity contribution in [1.29, 1.82) is 0 Å². The van der Waals surface area contributed by atoms with Gasteiger partial charge in [-0.05, 0) is 37.1 Å². The molecular formula is C17H23NO4. The first-order valence-corrected chi connectivity index (χ1v) is 6.97. The molecule has 0 unspecified atom stereocenters. The Labute approximate surface area is 131 Å².